The lowest BCUT2D eigenvalue weighted by Gasteiger charge is -2.10. The van der Waals surface area contributed by atoms with E-state index in [4.69, 9.17) is 8.94 Å². The van der Waals surface area contributed by atoms with E-state index < -0.39 is 0 Å². The second-order valence-electron chi connectivity index (χ2n) is 6.79. The molecule has 27 heavy (non-hydrogen) atoms. The normalized spacial score (nSPS) is 15.7. The zero-order chi connectivity index (χ0) is 18.6. The van der Waals surface area contributed by atoms with Crippen molar-refractivity contribution in [2.75, 3.05) is 13.1 Å². The summed E-state index contributed by atoms with van der Waals surface area (Å²) in [5.41, 5.74) is 1.21. The summed E-state index contributed by atoms with van der Waals surface area (Å²) in [6.07, 6.45) is 4.08. The Labute approximate surface area is 157 Å². The third-order valence-corrected chi connectivity index (χ3v) is 4.67. The smallest absolute Gasteiger partial charge is 0.274 e. The fourth-order valence-electron chi connectivity index (χ4n) is 3.21. The van der Waals surface area contributed by atoms with Crippen LogP contribution in [0, 0.1) is 0 Å². The topological polar surface area (TPSA) is 84.4 Å². The molecule has 1 fully saturated rings. The molecular weight excluding hydrogens is 344 g/mol. The minimum atomic E-state index is -0.381. The van der Waals surface area contributed by atoms with Crippen LogP contribution in [0.25, 0.3) is 11.3 Å². The van der Waals surface area contributed by atoms with Crippen LogP contribution in [0.15, 0.2) is 51.5 Å². The molecule has 1 unspecified atom stereocenters. The molecule has 0 aliphatic carbocycles. The van der Waals surface area contributed by atoms with Crippen LogP contribution in [-0.4, -0.2) is 34.0 Å². The van der Waals surface area contributed by atoms with E-state index in [1.54, 1.807) is 12.3 Å². The molecule has 0 spiro atoms. The number of aromatic nitrogens is 2. The predicted molar refractivity (Wildman–Crippen MR) is 98.8 cm³/mol. The van der Waals surface area contributed by atoms with E-state index >= 15 is 0 Å². The highest BCUT2D eigenvalue weighted by molar-refractivity contribution is 5.92. The van der Waals surface area contributed by atoms with Gasteiger partial charge < -0.3 is 14.3 Å². The third-order valence-electron chi connectivity index (χ3n) is 4.67. The summed E-state index contributed by atoms with van der Waals surface area (Å²) >= 11 is 0. The highest BCUT2D eigenvalue weighted by Gasteiger charge is 2.20. The number of amides is 1. The van der Waals surface area contributed by atoms with Gasteiger partial charge in [-0.2, -0.15) is 0 Å². The minimum absolute atomic E-state index is 0.269. The van der Waals surface area contributed by atoms with E-state index in [-0.39, 0.29) is 17.6 Å². The monoisotopic (exact) mass is 366 g/mol. The molecule has 0 bridgehead atoms. The fourth-order valence-corrected chi connectivity index (χ4v) is 3.21. The zero-order valence-corrected chi connectivity index (χ0v) is 15.2. The number of hydrogen-bond donors (Lipinski definition) is 1. The van der Waals surface area contributed by atoms with Crippen molar-refractivity contribution in [2.24, 2.45) is 0 Å². The summed E-state index contributed by atoms with van der Waals surface area (Å²) in [4.78, 5) is 19.0. The highest BCUT2D eigenvalue weighted by Crippen LogP contribution is 2.23. The molecule has 1 N–H and O–H groups in total. The van der Waals surface area contributed by atoms with Crippen LogP contribution in [0.2, 0.25) is 0 Å². The van der Waals surface area contributed by atoms with Gasteiger partial charge in [-0.05, 0) is 32.9 Å². The molecule has 1 saturated heterocycles. The van der Waals surface area contributed by atoms with Gasteiger partial charge in [0.2, 0.25) is 5.89 Å². The molecule has 1 aliphatic rings. The molecule has 2 aromatic heterocycles. The second kappa shape index (κ2) is 7.75. The molecule has 3 aromatic rings. The summed E-state index contributed by atoms with van der Waals surface area (Å²) in [5, 5.41) is 6.75. The highest BCUT2D eigenvalue weighted by atomic mass is 16.5. The van der Waals surface area contributed by atoms with Crippen LogP contribution in [0.1, 0.15) is 47.9 Å². The van der Waals surface area contributed by atoms with Gasteiger partial charge in [-0.15, -0.1) is 0 Å². The predicted octanol–water partition coefficient (Wildman–Crippen LogP) is 3.42. The number of carbonyl (C=O) groups is 1. The van der Waals surface area contributed by atoms with Crippen LogP contribution in [-0.2, 0) is 6.54 Å². The van der Waals surface area contributed by atoms with Crippen LogP contribution in [0.4, 0.5) is 0 Å². The van der Waals surface area contributed by atoms with Gasteiger partial charge in [0, 0.05) is 11.6 Å². The first-order valence-electron chi connectivity index (χ1n) is 9.19. The summed E-state index contributed by atoms with van der Waals surface area (Å²) < 4.78 is 11.1. The number of carbonyl (C=O) groups excluding carboxylic acids is 1. The average Bonchev–Trinajstić information content (AvgIpc) is 3.44. The molecule has 7 heteroatoms. The van der Waals surface area contributed by atoms with E-state index in [1.807, 2.05) is 37.3 Å². The Balaban J connectivity index is 1.38. The van der Waals surface area contributed by atoms with Crippen LogP contribution in [0.5, 0.6) is 0 Å². The van der Waals surface area contributed by atoms with Crippen LogP contribution in [0.3, 0.4) is 0 Å². The molecule has 140 valence electrons. The summed E-state index contributed by atoms with van der Waals surface area (Å²) in [6.45, 7) is 4.64. The lowest BCUT2D eigenvalue weighted by molar-refractivity contribution is 0.0925. The number of hydrogen-bond acceptors (Lipinski definition) is 6. The molecule has 0 saturated carbocycles. The molecule has 7 nitrogen and oxygen atoms in total. The summed E-state index contributed by atoms with van der Waals surface area (Å²) in [5.74, 6) is 1.51. The lowest BCUT2D eigenvalue weighted by Crippen LogP contribution is -2.27. The Bertz CT molecular complexity index is 897. The summed E-state index contributed by atoms with van der Waals surface area (Å²) in [6, 6.07) is 11.0. The zero-order valence-electron chi connectivity index (χ0n) is 15.2. The Morgan fingerprint density at radius 1 is 1.26 bits per heavy atom. The van der Waals surface area contributed by atoms with Crippen molar-refractivity contribution in [3.05, 3.63) is 59.9 Å². The van der Waals surface area contributed by atoms with Crippen molar-refractivity contribution in [1.82, 2.24) is 20.4 Å². The Morgan fingerprint density at radius 3 is 2.81 bits per heavy atom. The lowest BCUT2D eigenvalue weighted by atomic mass is 10.2. The van der Waals surface area contributed by atoms with Gasteiger partial charge in [-0.3, -0.25) is 9.69 Å². The number of nitrogens with zero attached hydrogens (tertiary/aromatic N) is 3. The largest absolute Gasteiger partial charge is 0.438 e. The van der Waals surface area contributed by atoms with Crippen molar-refractivity contribution in [1.29, 1.82) is 0 Å². The molecule has 1 atom stereocenters. The van der Waals surface area contributed by atoms with Crippen LogP contribution < -0.4 is 5.32 Å². The summed E-state index contributed by atoms with van der Waals surface area (Å²) in [7, 11) is 0. The van der Waals surface area contributed by atoms with Crippen LogP contribution >= 0.6 is 0 Å². The molecule has 3 heterocycles. The van der Waals surface area contributed by atoms with Gasteiger partial charge in [-0.1, -0.05) is 35.5 Å². The third kappa shape index (κ3) is 4.09. The Kier molecular flexibility index (Phi) is 5.02. The van der Waals surface area contributed by atoms with Gasteiger partial charge in [0.05, 0.1) is 12.7 Å². The van der Waals surface area contributed by atoms with Crippen molar-refractivity contribution in [3.63, 3.8) is 0 Å². The number of rotatable bonds is 6. The van der Waals surface area contributed by atoms with E-state index in [0.717, 1.165) is 18.7 Å². The molecule has 4 rings (SSSR count). The molecule has 1 amide bonds. The number of benzene rings is 1. The molecule has 0 radical (unpaired) electrons. The van der Waals surface area contributed by atoms with Crippen molar-refractivity contribution >= 4 is 5.91 Å². The fraction of sp³-hybridized carbons (Fsp3) is 0.350. The quantitative estimate of drug-likeness (QED) is 0.720. The van der Waals surface area contributed by atoms with Crippen molar-refractivity contribution < 1.29 is 13.7 Å². The van der Waals surface area contributed by atoms with Gasteiger partial charge in [0.15, 0.2) is 17.2 Å². The van der Waals surface area contributed by atoms with Gasteiger partial charge in [0.1, 0.15) is 6.04 Å². The SMILES string of the molecule is CC(NC(=O)c1cc(CN2CCCC2)on1)c1ncc(-c2ccccc2)o1. The van der Waals surface area contributed by atoms with Gasteiger partial charge in [-0.25, -0.2) is 4.98 Å². The van der Waals surface area contributed by atoms with Crippen molar-refractivity contribution in [2.45, 2.75) is 32.4 Å². The maximum atomic E-state index is 12.4. The van der Waals surface area contributed by atoms with E-state index in [2.05, 4.69) is 20.4 Å². The Hall–Kier alpha value is -2.93. The number of likely N-dealkylation sites (tertiary alicyclic amines) is 1. The maximum absolute atomic E-state index is 12.4. The first kappa shape index (κ1) is 17.5. The standard InChI is InChI=1S/C20H22N4O3/c1-14(20-21-12-18(26-20)15-7-3-2-4-8-15)22-19(25)17-11-16(27-23-17)13-24-9-5-6-10-24/h2-4,7-8,11-12,14H,5-6,9-10,13H2,1H3,(H,22,25). The number of oxazole rings is 1. The van der Waals surface area contributed by atoms with E-state index in [1.165, 1.54) is 12.8 Å². The van der Waals surface area contributed by atoms with Gasteiger partial charge in [0.25, 0.3) is 5.91 Å². The number of nitrogens with one attached hydrogen (secondary N) is 1. The average molecular weight is 366 g/mol. The first-order valence-corrected chi connectivity index (χ1v) is 9.19. The van der Waals surface area contributed by atoms with E-state index in [0.29, 0.717) is 24.0 Å². The minimum Gasteiger partial charge on any atom is -0.438 e. The van der Waals surface area contributed by atoms with E-state index in [9.17, 15) is 4.79 Å². The molecule has 1 aliphatic heterocycles. The van der Waals surface area contributed by atoms with Crippen molar-refractivity contribution in [3.8, 4) is 11.3 Å². The second-order valence-corrected chi connectivity index (χ2v) is 6.79. The first-order chi connectivity index (χ1) is 13.2. The molecule has 1 aromatic carbocycles. The Morgan fingerprint density at radius 2 is 2.04 bits per heavy atom. The van der Waals surface area contributed by atoms with Gasteiger partial charge >= 0.3 is 0 Å². The maximum Gasteiger partial charge on any atom is 0.274 e. The molecular formula is C20H22N4O3.